The Morgan fingerprint density at radius 3 is 1.70 bits per heavy atom. The second kappa shape index (κ2) is 8.44. The van der Waals surface area contributed by atoms with Crippen LogP contribution in [-0.2, 0) is 20.0 Å². The van der Waals surface area contributed by atoms with Gasteiger partial charge in [-0.2, -0.15) is 8.61 Å². The fourth-order valence-corrected chi connectivity index (χ4v) is 7.30. The van der Waals surface area contributed by atoms with Gasteiger partial charge in [-0.1, -0.05) is 35.4 Å². The minimum atomic E-state index is -4.00. The first-order chi connectivity index (χ1) is 15.4. The van der Waals surface area contributed by atoms with E-state index in [1.807, 2.05) is 13.8 Å². The third kappa shape index (κ3) is 4.41. The lowest BCUT2D eigenvalue weighted by molar-refractivity contribution is -0.572. The van der Waals surface area contributed by atoms with E-state index in [9.17, 15) is 26.9 Å². The summed E-state index contributed by atoms with van der Waals surface area (Å²) >= 11 is 0. The Morgan fingerprint density at radius 1 is 0.758 bits per heavy atom. The van der Waals surface area contributed by atoms with E-state index < -0.39 is 43.6 Å². The van der Waals surface area contributed by atoms with Gasteiger partial charge in [-0.25, -0.2) is 16.8 Å². The molecule has 2 heterocycles. The van der Waals surface area contributed by atoms with Crippen molar-refractivity contribution in [1.29, 1.82) is 0 Å². The number of fused-ring (bicyclic) bond motifs is 2. The smallest absolute Gasteiger partial charge is 0.261 e. The topological polar surface area (TPSA) is 121 Å². The Labute approximate surface area is 193 Å². The van der Waals surface area contributed by atoms with Crippen molar-refractivity contribution in [2.45, 2.75) is 29.2 Å². The largest absolute Gasteiger partial charge is 0.281 e. The SMILES string of the molecule is Cc1ccc(S(=O)(=O)N2CCN3CN(S(=O)(=O)c4ccc(C)cc4)C[C@]([N+](=O)[O-])(C3)C2)cc1. The number of aryl methyl sites for hydroxylation is 2. The van der Waals surface area contributed by atoms with E-state index in [-0.39, 0.29) is 36.1 Å². The van der Waals surface area contributed by atoms with Gasteiger partial charge in [0.25, 0.3) is 5.54 Å². The molecule has 2 atom stereocenters. The van der Waals surface area contributed by atoms with Crippen LogP contribution < -0.4 is 0 Å². The summed E-state index contributed by atoms with van der Waals surface area (Å²) in [5, 5.41) is 12.3. The summed E-state index contributed by atoms with van der Waals surface area (Å²) in [6, 6.07) is 12.6. The van der Waals surface area contributed by atoms with E-state index in [0.717, 1.165) is 19.7 Å². The van der Waals surface area contributed by atoms with Crippen LogP contribution >= 0.6 is 0 Å². The average molecular weight is 495 g/mol. The van der Waals surface area contributed by atoms with Crippen LogP contribution in [0.4, 0.5) is 0 Å². The number of hydrogen-bond acceptors (Lipinski definition) is 7. The maximum absolute atomic E-state index is 13.3. The molecule has 178 valence electrons. The van der Waals surface area contributed by atoms with Gasteiger partial charge in [0.05, 0.1) is 36.1 Å². The average Bonchev–Trinajstić information content (AvgIpc) is 2.90. The monoisotopic (exact) mass is 494 g/mol. The maximum Gasteiger partial charge on any atom is 0.261 e. The molecule has 0 amide bonds. The molecule has 2 aromatic rings. The first-order valence-electron chi connectivity index (χ1n) is 10.4. The Kier molecular flexibility index (Phi) is 6.08. The van der Waals surface area contributed by atoms with Crippen LogP contribution in [0.5, 0.6) is 0 Å². The van der Waals surface area contributed by atoms with Crippen molar-refractivity contribution in [2.75, 3.05) is 39.4 Å². The van der Waals surface area contributed by atoms with Gasteiger partial charge in [0, 0.05) is 18.0 Å². The van der Waals surface area contributed by atoms with E-state index in [1.165, 1.54) is 24.3 Å². The van der Waals surface area contributed by atoms with Gasteiger partial charge in [0.2, 0.25) is 20.0 Å². The van der Waals surface area contributed by atoms with Crippen molar-refractivity contribution >= 4 is 20.0 Å². The van der Waals surface area contributed by atoms with E-state index in [4.69, 9.17) is 0 Å². The minimum Gasteiger partial charge on any atom is -0.281 e. The molecule has 2 fully saturated rings. The van der Waals surface area contributed by atoms with Crippen molar-refractivity contribution in [3.05, 3.63) is 69.8 Å². The number of hydrogen-bond donors (Lipinski definition) is 0. The van der Waals surface area contributed by atoms with Gasteiger partial charge in [-0.15, -0.1) is 0 Å². The predicted molar refractivity (Wildman–Crippen MR) is 121 cm³/mol. The van der Waals surface area contributed by atoms with Crippen molar-refractivity contribution in [3.8, 4) is 0 Å². The summed E-state index contributed by atoms with van der Waals surface area (Å²) in [4.78, 5) is 13.5. The van der Waals surface area contributed by atoms with Crippen LogP contribution in [0, 0.1) is 24.0 Å². The molecule has 0 aliphatic carbocycles. The second-order valence-electron chi connectivity index (χ2n) is 8.76. The van der Waals surface area contributed by atoms with Crippen LogP contribution in [-0.4, -0.2) is 80.2 Å². The zero-order valence-corrected chi connectivity index (χ0v) is 20.0. The van der Waals surface area contributed by atoms with Crippen molar-refractivity contribution in [3.63, 3.8) is 0 Å². The highest BCUT2D eigenvalue weighted by Gasteiger charge is 2.56. The third-order valence-corrected chi connectivity index (χ3v) is 9.84. The van der Waals surface area contributed by atoms with Crippen LogP contribution in [0.2, 0.25) is 0 Å². The summed E-state index contributed by atoms with van der Waals surface area (Å²) in [5.41, 5.74) is -0.00109. The summed E-state index contributed by atoms with van der Waals surface area (Å²) in [7, 11) is -7.99. The Balaban J connectivity index is 1.69. The highest BCUT2D eigenvalue weighted by atomic mass is 32.2. The summed E-state index contributed by atoms with van der Waals surface area (Å²) in [5.74, 6) is 0. The Hall–Kier alpha value is -2.38. The molecule has 2 saturated heterocycles. The molecule has 10 nitrogen and oxygen atoms in total. The van der Waals surface area contributed by atoms with Crippen LogP contribution in [0.3, 0.4) is 0 Å². The first kappa shape index (κ1) is 23.8. The molecule has 4 rings (SSSR count). The molecule has 0 saturated carbocycles. The molecular formula is C21H26N4O6S2. The molecule has 33 heavy (non-hydrogen) atoms. The lowest BCUT2D eigenvalue weighted by atomic mass is 9.98. The molecule has 2 aliphatic rings. The number of nitrogens with zero attached hydrogens (tertiary/aromatic N) is 4. The molecule has 0 spiro atoms. The summed E-state index contributed by atoms with van der Waals surface area (Å²) in [6.45, 7) is 3.00. The van der Waals surface area contributed by atoms with Crippen LogP contribution in [0.25, 0.3) is 0 Å². The van der Waals surface area contributed by atoms with Crippen molar-refractivity contribution < 1.29 is 21.8 Å². The van der Waals surface area contributed by atoms with Crippen molar-refractivity contribution in [1.82, 2.24) is 13.5 Å². The molecule has 2 bridgehead atoms. The number of benzene rings is 2. The minimum absolute atomic E-state index is 0.0279. The summed E-state index contributed by atoms with van der Waals surface area (Å²) in [6.07, 6.45) is 0. The Bertz CT molecular complexity index is 1190. The lowest BCUT2D eigenvalue weighted by Crippen LogP contribution is -2.65. The molecule has 0 N–H and O–H groups in total. The molecule has 1 unspecified atom stereocenters. The van der Waals surface area contributed by atoms with Crippen LogP contribution in [0.1, 0.15) is 11.1 Å². The molecule has 2 aliphatic heterocycles. The van der Waals surface area contributed by atoms with Gasteiger partial charge >= 0.3 is 0 Å². The number of sulfonamides is 2. The molecule has 12 heteroatoms. The Morgan fingerprint density at radius 2 is 1.21 bits per heavy atom. The number of nitro groups is 1. The fraction of sp³-hybridized carbons (Fsp3) is 0.429. The standard InChI is InChI=1S/C21H26N4O6S2/c1-17-3-7-19(8-4-17)32(28,29)23-12-11-22-13-21(14-23,25(26)27)15-24(16-22)33(30,31)20-9-5-18(2)6-10-20/h3-10H,11-16H2,1-2H3/t21-/m0/s1. The highest BCUT2D eigenvalue weighted by molar-refractivity contribution is 7.89. The van der Waals surface area contributed by atoms with Gasteiger partial charge in [0.15, 0.2) is 0 Å². The number of rotatable bonds is 5. The van der Waals surface area contributed by atoms with Crippen molar-refractivity contribution in [2.24, 2.45) is 0 Å². The predicted octanol–water partition coefficient (Wildman–Crippen LogP) is 1.29. The molecule has 2 aromatic carbocycles. The van der Waals surface area contributed by atoms with E-state index in [2.05, 4.69) is 0 Å². The van der Waals surface area contributed by atoms with Crippen LogP contribution in [0.15, 0.2) is 58.3 Å². The van der Waals surface area contributed by atoms with Gasteiger partial charge in [-0.05, 0) is 38.1 Å². The second-order valence-corrected chi connectivity index (χ2v) is 12.6. The fourth-order valence-electron chi connectivity index (χ4n) is 4.29. The molecular weight excluding hydrogens is 468 g/mol. The third-order valence-electron chi connectivity index (χ3n) is 6.19. The zero-order chi connectivity index (χ0) is 24.0. The molecule has 0 aromatic heterocycles. The van der Waals surface area contributed by atoms with Gasteiger partial charge in [0.1, 0.15) is 0 Å². The molecule has 0 radical (unpaired) electrons. The zero-order valence-electron chi connectivity index (χ0n) is 18.4. The maximum atomic E-state index is 13.3. The normalized spacial score (nSPS) is 24.8. The van der Waals surface area contributed by atoms with E-state index in [1.54, 1.807) is 29.2 Å². The van der Waals surface area contributed by atoms with Gasteiger partial charge < -0.3 is 0 Å². The first-order valence-corrected chi connectivity index (χ1v) is 13.3. The highest BCUT2D eigenvalue weighted by Crippen LogP contribution is 2.31. The quantitative estimate of drug-likeness (QED) is 0.453. The van der Waals surface area contributed by atoms with E-state index >= 15 is 0 Å². The van der Waals surface area contributed by atoms with Gasteiger partial charge in [-0.3, -0.25) is 15.0 Å². The summed E-state index contributed by atoms with van der Waals surface area (Å²) < 4.78 is 55.3. The van der Waals surface area contributed by atoms with E-state index in [0.29, 0.717) is 0 Å². The lowest BCUT2D eigenvalue weighted by Gasteiger charge is -2.40.